The van der Waals surface area contributed by atoms with Gasteiger partial charge in [-0.1, -0.05) is 0 Å². The maximum absolute atomic E-state index is 11.3. The summed E-state index contributed by atoms with van der Waals surface area (Å²) in [6.45, 7) is 0.234. The fraction of sp³-hybridized carbons (Fsp3) is 0.333. The Balaban J connectivity index is 3.29. The molecule has 6 nitrogen and oxygen atoms in total. The molecular formula is C9H15N3O3S. The second kappa shape index (κ2) is 4.69. The summed E-state index contributed by atoms with van der Waals surface area (Å²) in [5.74, 6) is 0. The first-order valence-electron chi connectivity index (χ1n) is 4.60. The Morgan fingerprint density at radius 2 is 2.06 bits per heavy atom. The van der Waals surface area contributed by atoms with E-state index in [2.05, 4.69) is 0 Å². The third-order valence-electron chi connectivity index (χ3n) is 2.14. The highest BCUT2D eigenvalue weighted by Gasteiger charge is 2.16. The van der Waals surface area contributed by atoms with Gasteiger partial charge in [0.1, 0.15) is 4.90 Å². The van der Waals surface area contributed by atoms with Crippen molar-refractivity contribution in [2.24, 2.45) is 5.14 Å². The predicted octanol–water partition coefficient (Wildman–Crippen LogP) is -0.655. The molecule has 7 heteroatoms. The molecule has 0 saturated carbocycles. The fourth-order valence-corrected chi connectivity index (χ4v) is 2.16. The molecule has 0 heterocycles. The lowest BCUT2D eigenvalue weighted by Gasteiger charge is -2.20. The van der Waals surface area contributed by atoms with Gasteiger partial charge in [-0.3, -0.25) is 0 Å². The van der Waals surface area contributed by atoms with E-state index < -0.39 is 10.0 Å². The van der Waals surface area contributed by atoms with Gasteiger partial charge in [0.2, 0.25) is 10.0 Å². The Bertz CT molecular complexity index is 473. The molecule has 1 aromatic rings. The summed E-state index contributed by atoms with van der Waals surface area (Å²) in [5, 5.41) is 13.9. The van der Waals surface area contributed by atoms with Crippen molar-refractivity contribution >= 4 is 21.4 Å². The van der Waals surface area contributed by atoms with E-state index in [0.717, 1.165) is 0 Å². The predicted molar refractivity (Wildman–Crippen MR) is 62.6 cm³/mol. The molecule has 0 radical (unpaired) electrons. The summed E-state index contributed by atoms with van der Waals surface area (Å²) in [4.78, 5) is 1.56. The number of sulfonamides is 1. The molecule has 0 aliphatic carbocycles. The Morgan fingerprint density at radius 3 is 2.56 bits per heavy atom. The second-order valence-corrected chi connectivity index (χ2v) is 4.95. The number of rotatable bonds is 4. The minimum Gasteiger partial charge on any atom is -0.399 e. The van der Waals surface area contributed by atoms with E-state index in [0.29, 0.717) is 17.9 Å². The monoisotopic (exact) mass is 245 g/mol. The van der Waals surface area contributed by atoms with Gasteiger partial charge in [-0.15, -0.1) is 0 Å². The third-order valence-corrected chi connectivity index (χ3v) is 3.08. The zero-order valence-electron chi connectivity index (χ0n) is 8.92. The van der Waals surface area contributed by atoms with Crippen LogP contribution in [0.4, 0.5) is 11.4 Å². The lowest BCUT2D eigenvalue weighted by molar-refractivity contribution is 0.304. The Kier molecular flexibility index (Phi) is 3.74. The van der Waals surface area contributed by atoms with E-state index in [-0.39, 0.29) is 11.5 Å². The smallest absolute Gasteiger partial charge is 0.240 e. The third kappa shape index (κ3) is 2.84. The molecule has 90 valence electrons. The van der Waals surface area contributed by atoms with E-state index >= 15 is 0 Å². The van der Waals surface area contributed by atoms with Crippen molar-refractivity contribution < 1.29 is 13.5 Å². The molecule has 16 heavy (non-hydrogen) atoms. The molecule has 1 rings (SSSR count). The van der Waals surface area contributed by atoms with Crippen molar-refractivity contribution in [1.29, 1.82) is 0 Å². The van der Waals surface area contributed by atoms with E-state index in [4.69, 9.17) is 16.0 Å². The largest absolute Gasteiger partial charge is 0.399 e. The maximum Gasteiger partial charge on any atom is 0.240 e. The van der Waals surface area contributed by atoms with Gasteiger partial charge in [-0.05, 0) is 18.2 Å². The molecule has 1 aromatic carbocycles. The summed E-state index contributed by atoms with van der Waals surface area (Å²) in [6.07, 6.45) is 0. The normalized spacial score (nSPS) is 11.4. The zero-order chi connectivity index (χ0) is 12.3. The van der Waals surface area contributed by atoms with Crippen LogP contribution in [0.1, 0.15) is 0 Å². The summed E-state index contributed by atoms with van der Waals surface area (Å²) < 4.78 is 22.7. The number of nitrogens with zero attached hydrogens (tertiary/aromatic N) is 1. The number of likely N-dealkylation sites (N-methyl/N-ethyl adjacent to an activating group) is 1. The van der Waals surface area contributed by atoms with Crippen molar-refractivity contribution in [3.05, 3.63) is 18.2 Å². The number of nitrogens with two attached hydrogens (primary N) is 2. The molecule has 0 fully saturated rings. The minimum absolute atomic E-state index is 0.0385. The van der Waals surface area contributed by atoms with Crippen LogP contribution in [-0.4, -0.2) is 33.7 Å². The van der Waals surface area contributed by atoms with Crippen molar-refractivity contribution in [1.82, 2.24) is 0 Å². The topological polar surface area (TPSA) is 110 Å². The Morgan fingerprint density at radius 1 is 1.44 bits per heavy atom. The van der Waals surface area contributed by atoms with Crippen LogP contribution < -0.4 is 15.8 Å². The van der Waals surface area contributed by atoms with Gasteiger partial charge >= 0.3 is 0 Å². The van der Waals surface area contributed by atoms with E-state index in [9.17, 15) is 8.42 Å². The number of nitrogen functional groups attached to an aromatic ring is 1. The van der Waals surface area contributed by atoms with Crippen LogP contribution in [0.5, 0.6) is 0 Å². The van der Waals surface area contributed by atoms with Crippen LogP contribution in [0.25, 0.3) is 0 Å². The molecule has 0 aliphatic rings. The molecular weight excluding hydrogens is 230 g/mol. The van der Waals surface area contributed by atoms with Gasteiger partial charge in [-0.2, -0.15) is 0 Å². The number of aliphatic hydroxyl groups excluding tert-OH is 1. The molecule has 0 amide bonds. The van der Waals surface area contributed by atoms with Gasteiger partial charge in [0.25, 0.3) is 0 Å². The molecule has 0 unspecified atom stereocenters. The van der Waals surface area contributed by atoms with E-state index in [1.54, 1.807) is 24.1 Å². The summed E-state index contributed by atoms with van der Waals surface area (Å²) in [6, 6.07) is 4.45. The van der Waals surface area contributed by atoms with Crippen molar-refractivity contribution in [3.8, 4) is 0 Å². The molecule has 5 N–H and O–H groups in total. The van der Waals surface area contributed by atoms with Crippen molar-refractivity contribution in [2.45, 2.75) is 4.90 Å². The van der Waals surface area contributed by atoms with E-state index in [1.165, 1.54) is 6.07 Å². The zero-order valence-corrected chi connectivity index (χ0v) is 9.74. The average Bonchev–Trinajstić information content (AvgIpc) is 2.16. The van der Waals surface area contributed by atoms with Crippen LogP contribution in [0.2, 0.25) is 0 Å². The van der Waals surface area contributed by atoms with Crippen LogP contribution in [0, 0.1) is 0 Å². The lowest BCUT2D eigenvalue weighted by atomic mass is 10.2. The first-order valence-corrected chi connectivity index (χ1v) is 6.15. The van der Waals surface area contributed by atoms with Gasteiger partial charge in [-0.25, -0.2) is 13.6 Å². The maximum atomic E-state index is 11.3. The first-order chi connectivity index (χ1) is 7.36. The first kappa shape index (κ1) is 12.8. The molecule has 0 saturated heterocycles. The SMILES string of the molecule is CN(CCO)c1ccc(N)cc1S(N)(=O)=O. The van der Waals surface area contributed by atoms with Crippen LogP contribution in [-0.2, 0) is 10.0 Å². The minimum atomic E-state index is -3.82. The Hall–Kier alpha value is -1.31. The van der Waals surface area contributed by atoms with Gasteiger partial charge < -0.3 is 15.7 Å². The van der Waals surface area contributed by atoms with Crippen LogP contribution in [0.15, 0.2) is 23.1 Å². The number of benzene rings is 1. The second-order valence-electron chi connectivity index (χ2n) is 3.42. The number of hydrogen-bond donors (Lipinski definition) is 3. The quantitative estimate of drug-likeness (QED) is 0.610. The summed E-state index contributed by atoms with van der Waals surface area (Å²) in [7, 11) is -2.16. The molecule has 0 bridgehead atoms. The number of hydrogen-bond acceptors (Lipinski definition) is 5. The average molecular weight is 245 g/mol. The summed E-state index contributed by atoms with van der Waals surface area (Å²) >= 11 is 0. The number of anilines is 2. The number of aliphatic hydroxyl groups is 1. The molecule has 0 spiro atoms. The number of primary sulfonamides is 1. The standard InChI is InChI=1S/C9H15N3O3S/c1-12(4-5-13)8-3-2-7(10)6-9(8)16(11,14)15/h2-3,6,13H,4-5,10H2,1H3,(H2,11,14,15). The fourth-order valence-electron chi connectivity index (χ4n) is 1.34. The van der Waals surface area contributed by atoms with Gasteiger partial charge in [0, 0.05) is 19.3 Å². The highest BCUT2D eigenvalue weighted by Crippen LogP contribution is 2.25. The van der Waals surface area contributed by atoms with Gasteiger partial charge in [0.15, 0.2) is 0 Å². The van der Waals surface area contributed by atoms with Crippen LogP contribution in [0.3, 0.4) is 0 Å². The lowest BCUT2D eigenvalue weighted by Crippen LogP contribution is -2.25. The highest BCUT2D eigenvalue weighted by atomic mass is 32.2. The van der Waals surface area contributed by atoms with Crippen LogP contribution >= 0.6 is 0 Å². The molecule has 0 atom stereocenters. The summed E-state index contributed by atoms with van der Waals surface area (Å²) in [5.41, 5.74) is 6.26. The van der Waals surface area contributed by atoms with Gasteiger partial charge in [0.05, 0.1) is 12.3 Å². The van der Waals surface area contributed by atoms with Crippen molar-refractivity contribution in [3.63, 3.8) is 0 Å². The highest BCUT2D eigenvalue weighted by molar-refractivity contribution is 7.89. The molecule has 0 aliphatic heterocycles. The molecule has 0 aromatic heterocycles. The van der Waals surface area contributed by atoms with E-state index in [1.807, 2.05) is 0 Å². The Labute approximate surface area is 94.5 Å². The van der Waals surface area contributed by atoms with Crippen molar-refractivity contribution in [2.75, 3.05) is 30.8 Å².